The quantitative estimate of drug-likeness (QED) is 0.451. The second-order valence-corrected chi connectivity index (χ2v) is 4.41. The van der Waals surface area contributed by atoms with Crippen LogP contribution < -0.4 is 61.6 Å². The molecule has 0 aliphatic rings. The number of rotatable bonds is 9. The molecule has 0 amide bonds. The molecule has 0 unspecified atom stereocenters. The zero-order chi connectivity index (χ0) is 15.0. The molecule has 0 saturated heterocycles. The first-order chi connectivity index (χ1) is 9.45. The van der Waals surface area contributed by atoms with E-state index in [1.54, 1.807) is 14.0 Å². The van der Waals surface area contributed by atoms with Crippen LogP contribution in [0.3, 0.4) is 0 Å². The summed E-state index contributed by atoms with van der Waals surface area (Å²) in [6.07, 6.45) is 0.803. The Hall–Kier alpha value is 0.431. The van der Waals surface area contributed by atoms with Gasteiger partial charge in [0.1, 0.15) is 12.4 Å². The number of methoxy groups -OCH3 is 1. The van der Waals surface area contributed by atoms with Gasteiger partial charge in [-0.25, -0.2) is 0 Å². The Bertz CT molecular complexity index is 416. The van der Waals surface area contributed by atoms with Crippen LogP contribution in [-0.2, 0) is 9.47 Å². The van der Waals surface area contributed by atoms with E-state index in [4.69, 9.17) is 14.2 Å². The van der Waals surface area contributed by atoms with Crippen molar-refractivity contribution in [2.75, 3.05) is 33.5 Å². The maximum absolute atomic E-state index is 12.5. The van der Waals surface area contributed by atoms with E-state index >= 15 is 0 Å². The third-order valence-corrected chi connectivity index (χ3v) is 2.70. The summed E-state index contributed by atoms with van der Waals surface area (Å²) in [4.78, 5) is 0. The van der Waals surface area contributed by atoms with Crippen molar-refractivity contribution >= 4 is 12.4 Å². The van der Waals surface area contributed by atoms with Gasteiger partial charge in [0.15, 0.2) is 0 Å². The topological polar surface area (TPSA) is 27.7 Å². The molecule has 0 radical (unpaired) electrons. The fourth-order valence-corrected chi connectivity index (χ4v) is 1.66. The van der Waals surface area contributed by atoms with Crippen LogP contribution in [-0.4, -0.2) is 40.5 Å². The summed E-state index contributed by atoms with van der Waals surface area (Å²) in [6, 6.07) is 3.50. The SMILES string of the molecule is COCCCOCCOc1ccc([B-](F)(F)F)cc1C.[K+]. The summed E-state index contributed by atoms with van der Waals surface area (Å²) < 4.78 is 53.2. The van der Waals surface area contributed by atoms with E-state index in [1.165, 1.54) is 6.07 Å². The van der Waals surface area contributed by atoms with Crippen molar-refractivity contribution in [2.24, 2.45) is 0 Å². The average molecular weight is 330 g/mol. The van der Waals surface area contributed by atoms with Crippen molar-refractivity contribution < 1.29 is 78.5 Å². The predicted octanol–water partition coefficient (Wildman–Crippen LogP) is -0.515. The van der Waals surface area contributed by atoms with Crippen molar-refractivity contribution in [1.29, 1.82) is 0 Å². The van der Waals surface area contributed by atoms with Gasteiger partial charge in [-0.3, -0.25) is 0 Å². The maximum atomic E-state index is 12.5. The number of ether oxygens (including phenoxy) is 3. The van der Waals surface area contributed by atoms with E-state index in [0.717, 1.165) is 18.6 Å². The molecular weight excluding hydrogens is 311 g/mol. The Morgan fingerprint density at radius 1 is 1.05 bits per heavy atom. The van der Waals surface area contributed by atoms with Crippen LogP contribution >= 0.6 is 0 Å². The van der Waals surface area contributed by atoms with E-state index in [1.807, 2.05) is 0 Å². The monoisotopic (exact) mass is 330 g/mol. The Balaban J connectivity index is 0.00000400. The van der Waals surface area contributed by atoms with Gasteiger partial charge in [-0.2, -0.15) is 0 Å². The molecule has 0 aromatic heterocycles. The minimum atomic E-state index is -4.96. The molecule has 0 fully saturated rings. The summed E-state index contributed by atoms with van der Waals surface area (Å²) in [5.74, 6) is 0.453. The molecule has 114 valence electrons. The largest absolute Gasteiger partial charge is 1.00 e. The number of halogens is 3. The van der Waals surface area contributed by atoms with E-state index in [9.17, 15) is 12.9 Å². The molecule has 0 aliphatic carbocycles. The summed E-state index contributed by atoms with van der Waals surface area (Å²) in [5.41, 5.74) is -0.133. The van der Waals surface area contributed by atoms with Crippen molar-refractivity contribution in [3.63, 3.8) is 0 Å². The molecular formula is C13H19BF3KO3. The van der Waals surface area contributed by atoms with Crippen LogP contribution in [0.1, 0.15) is 12.0 Å². The molecule has 0 saturated carbocycles. The summed E-state index contributed by atoms with van der Waals surface area (Å²) in [5, 5.41) is 0. The molecule has 21 heavy (non-hydrogen) atoms. The number of hydrogen-bond acceptors (Lipinski definition) is 3. The van der Waals surface area contributed by atoms with Gasteiger partial charge < -0.3 is 27.2 Å². The molecule has 1 rings (SSSR count). The zero-order valence-electron chi connectivity index (χ0n) is 12.7. The molecule has 0 bridgehead atoms. The number of hydrogen-bond donors (Lipinski definition) is 0. The molecule has 3 nitrogen and oxygen atoms in total. The fourth-order valence-electron chi connectivity index (χ4n) is 1.66. The number of benzene rings is 1. The molecule has 0 aliphatic heterocycles. The summed E-state index contributed by atoms with van der Waals surface area (Å²) >= 11 is 0. The standard InChI is InChI=1S/C13H19BF3O3.K/c1-11-10-12(14(15,16)17)4-5-13(11)20-9-8-19-7-3-6-18-2;/h4-5,10H,3,6-9H2,1-2H3;/q-1;+1. The van der Waals surface area contributed by atoms with Gasteiger partial charge in [-0.15, -0.1) is 5.46 Å². The minimum absolute atomic E-state index is 0. The first-order valence-corrected chi connectivity index (χ1v) is 6.45. The third-order valence-electron chi connectivity index (χ3n) is 2.70. The van der Waals surface area contributed by atoms with Crippen LogP contribution in [0.15, 0.2) is 18.2 Å². The first kappa shape index (κ1) is 21.4. The van der Waals surface area contributed by atoms with Gasteiger partial charge >= 0.3 is 58.4 Å². The van der Waals surface area contributed by atoms with Crippen LogP contribution in [0.25, 0.3) is 0 Å². The van der Waals surface area contributed by atoms with Gasteiger partial charge in [-0.05, 0) is 25.0 Å². The molecule has 0 heterocycles. The van der Waals surface area contributed by atoms with E-state index in [-0.39, 0.29) is 51.4 Å². The fraction of sp³-hybridized carbons (Fsp3) is 0.538. The summed E-state index contributed by atoms with van der Waals surface area (Å²) in [7, 11) is 1.62. The van der Waals surface area contributed by atoms with Gasteiger partial charge in [-0.1, -0.05) is 12.1 Å². The van der Waals surface area contributed by atoms with E-state index < -0.39 is 12.4 Å². The Morgan fingerprint density at radius 3 is 2.33 bits per heavy atom. The van der Waals surface area contributed by atoms with Crippen molar-refractivity contribution in [1.82, 2.24) is 0 Å². The maximum Gasteiger partial charge on any atom is 1.00 e. The van der Waals surface area contributed by atoms with Gasteiger partial charge in [0.05, 0.1) is 6.61 Å². The molecule has 0 N–H and O–H groups in total. The van der Waals surface area contributed by atoms with Crippen molar-refractivity contribution in [3.05, 3.63) is 23.8 Å². The molecule has 1 aromatic rings. The summed E-state index contributed by atoms with van der Waals surface area (Å²) in [6.45, 7) is -1.44. The van der Waals surface area contributed by atoms with Crippen LogP contribution in [0.4, 0.5) is 12.9 Å². The van der Waals surface area contributed by atoms with Crippen LogP contribution in [0.2, 0.25) is 0 Å². The Kier molecular flexibility index (Phi) is 11.3. The molecule has 0 spiro atoms. The second kappa shape index (κ2) is 11.0. The molecule has 0 atom stereocenters. The average Bonchev–Trinajstić information content (AvgIpc) is 2.38. The molecule has 1 aromatic carbocycles. The number of aryl methyl sites for hydroxylation is 1. The minimum Gasteiger partial charge on any atom is -0.491 e. The predicted molar refractivity (Wildman–Crippen MR) is 72.7 cm³/mol. The van der Waals surface area contributed by atoms with Crippen LogP contribution in [0.5, 0.6) is 5.75 Å². The zero-order valence-corrected chi connectivity index (χ0v) is 15.8. The third kappa shape index (κ3) is 8.59. The Labute approximate surface area is 166 Å². The van der Waals surface area contributed by atoms with Gasteiger partial charge in [0, 0.05) is 20.3 Å². The van der Waals surface area contributed by atoms with E-state index in [2.05, 4.69) is 0 Å². The first-order valence-electron chi connectivity index (χ1n) is 6.45. The smallest absolute Gasteiger partial charge is 0.491 e. The molecule has 8 heteroatoms. The van der Waals surface area contributed by atoms with Gasteiger partial charge in [0.25, 0.3) is 0 Å². The normalized spacial score (nSPS) is 11.1. The van der Waals surface area contributed by atoms with E-state index in [0.29, 0.717) is 37.7 Å². The van der Waals surface area contributed by atoms with Crippen molar-refractivity contribution in [2.45, 2.75) is 13.3 Å². The Morgan fingerprint density at radius 2 is 1.76 bits per heavy atom. The van der Waals surface area contributed by atoms with Gasteiger partial charge in [0.2, 0.25) is 0 Å². The van der Waals surface area contributed by atoms with Crippen molar-refractivity contribution in [3.8, 4) is 5.75 Å². The second-order valence-electron chi connectivity index (χ2n) is 4.41. The van der Waals surface area contributed by atoms with Crippen LogP contribution in [0, 0.1) is 6.92 Å².